The third-order valence-corrected chi connectivity index (χ3v) is 1.86. The van der Waals surface area contributed by atoms with Gasteiger partial charge in [-0.25, -0.2) is 9.59 Å². The molecule has 0 spiro atoms. The van der Waals surface area contributed by atoms with Crippen molar-refractivity contribution in [1.29, 1.82) is 0 Å². The van der Waals surface area contributed by atoms with E-state index in [9.17, 15) is 19.8 Å². The van der Waals surface area contributed by atoms with E-state index in [1.807, 2.05) is 0 Å². The van der Waals surface area contributed by atoms with Crippen molar-refractivity contribution in [3.63, 3.8) is 0 Å². The maximum atomic E-state index is 11.2. The molecule has 0 heterocycles. The lowest BCUT2D eigenvalue weighted by Crippen LogP contribution is -2.49. The lowest BCUT2D eigenvalue weighted by atomic mass is 10.2. The number of carbonyl (C=O) groups is 2. The zero-order valence-corrected chi connectivity index (χ0v) is 9.80. The number of aliphatic hydroxyl groups is 2. The quantitative estimate of drug-likeness (QED) is 0.385. The summed E-state index contributed by atoms with van der Waals surface area (Å²) in [6.07, 6.45) is -0.563. The van der Waals surface area contributed by atoms with Gasteiger partial charge in [0.1, 0.15) is 6.10 Å². The average molecular weight is 244 g/mol. The van der Waals surface area contributed by atoms with Gasteiger partial charge < -0.3 is 19.7 Å². The molecule has 2 unspecified atom stereocenters. The summed E-state index contributed by atoms with van der Waals surface area (Å²) in [4.78, 5) is 22.0. The van der Waals surface area contributed by atoms with E-state index in [0.29, 0.717) is 0 Å². The number of hydrogen-bond donors (Lipinski definition) is 2. The zero-order valence-electron chi connectivity index (χ0n) is 9.80. The first kappa shape index (κ1) is 15.3. The van der Waals surface area contributed by atoms with Gasteiger partial charge in [0, 0.05) is 11.6 Å². The fourth-order valence-electron chi connectivity index (χ4n) is 0.716. The van der Waals surface area contributed by atoms with Crippen molar-refractivity contribution in [1.82, 2.24) is 0 Å². The summed E-state index contributed by atoms with van der Waals surface area (Å²) in [6, 6.07) is 0. The summed E-state index contributed by atoms with van der Waals surface area (Å²) in [6.45, 7) is 8.34. The van der Waals surface area contributed by atoms with E-state index >= 15 is 0 Å². The Bertz CT molecular complexity index is 333. The molecule has 0 aromatic carbocycles. The number of aliphatic hydroxyl groups excluding tert-OH is 1. The summed E-state index contributed by atoms with van der Waals surface area (Å²) in [5.41, 5.74) is 0.0409. The number of carbonyl (C=O) groups excluding carboxylic acids is 2. The van der Waals surface area contributed by atoms with E-state index in [0.717, 1.165) is 6.08 Å². The van der Waals surface area contributed by atoms with Crippen LogP contribution in [0.1, 0.15) is 13.8 Å². The van der Waals surface area contributed by atoms with E-state index in [1.54, 1.807) is 0 Å². The predicted molar refractivity (Wildman–Crippen MR) is 58.7 cm³/mol. The lowest BCUT2D eigenvalue weighted by Gasteiger charge is -2.29. The Morgan fingerprint density at radius 1 is 1.53 bits per heavy atom. The fourth-order valence-corrected chi connectivity index (χ4v) is 0.716. The van der Waals surface area contributed by atoms with E-state index in [4.69, 9.17) is 0 Å². The van der Waals surface area contributed by atoms with Crippen LogP contribution in [0.3, 0.4) is 0 Å². The Hall–Kier alpha value is -1.66. The van der Waals surface area contributed by atoms with E-state index in [1.165, 1.54) is 13.8 Å². The van der Waals surface area contributed by atoms with Crippen molar-refractivity contribution in [2.45, 2.75) is 25.7 Å². The van der Waals surface area contributed by atoms with Crippen LogP contribution in [-0.2, 0) is 19.1 Å². The zero-order chi connectivity index (χ0) is 13.6. The Labute approximate surface area is 99.1 Å². The molecule has 0 aliphatic heterocycles. The maximum absolute atomic E-state index is 11.2. The van der Waals surface area contributed by atoms with Crippen LogP contribution >= 0.6 is 0 Å². The Balaban J connectivity index is 4.67. The summed E-state index contributed by atoms with van der Waals surface area (Å²) in [5.74, 6) is -4.02. The molecule has 2 atom stereocenters. The highest BCUT2D eigenvalue weighted by atomic mass is 16.7. The molecule has 6 heteroatoms. The van der Waals surface area contributed by atoms with Gasteiger partial charge in [-0.1, -0.05) is 13.2 Å². The summed E-state index contributed by atoms with van der Waals surface area (Å²) in [7, 11) is 0. The molecule has 2 N–H and O–H groups in total. The van der Waals surface area contributed by atoms with Crippen LogP contribution in [0.15, 0.2) is 24.8 Å². The number of ether oxygens (including phenoxy) is 2. The first-order chi connectivity index (χ1) is 7.73. The highest BCUT2D eigenvalue weighted by Gasteiger charge is 2.39. The molecular weight excluding hydrogens is 228 g/mol. The van der Waals surface area contributed by atoms with Crippen molar-refractivity contribution >= 4 is 11.9 Å². The standard InChI is InChI=1S/C11H16O6/c1-5-9(13)16-6-11(15,8(4)12)17-10(14)7(2)3/h5,8,12,15H,1-2,6H2,3-4H3. The molecule has 0 bridgehead atoms. The molecule has 17 heavy (non-hydrogen) atoms. The highest BCUT2D eigenvalue weighted by Crippen LogP contribution is 2.15. The van der Waals surface area contributed by atoms with Gasteiger partial charge in [0.15, 0.2) is 6.61 Å². The van der Waals surface area contributed by atoms with Crippen LogP contribution in [-0.4, -0.2) is 40.6 Å². The third-order valence-electron chi connectivity index (χ3n) is 1.86. The van der Waals surface area contributed by atoms with Crippen LogP contribution in [0.5, 0.6) is 0 Å². The molecular formula is C11H16O6. The van der Waals surface area contributed by atoms with Crippen LogP contribution in [0.25, 0.3) is 0 Å². The second-order valence-electron chi connectivity index (χ2n) is 3.50. The summed E-state index contributed by atoms with van der Waals surface area (Å²) < 4.78 is 9.14. The van der Waals surface area contributed by atoms with E-state index < -0.39 is 30.4 Å². The van der Waals surface area contributed by atoms with Crippen LogP contribution in [0.4, 0.5) is 0 Å². The van der Waals surface area contributed by atoms with Gasteiger partial charge in [0.05, 0.1) is 0 Å². The number of hydrogen-bond acceptors (Lipinski definition) is 6. The first-order valence-corrected chi connectivity index (χ1v) is 4.81. The predicted octanol–water partition coefficient (Wildman–Crippen LogP) is -0.0957. The Morgan fingerprint density at radius 3 is 2.41 bits per heavy atom. The van der Waals surface area contributed by atoms with E-state index in [2.05, 4.69) is 22.6 Å². The van der Waals surface area contributed by atoms with Gasteiger partial charge in [-0.05, 0) is 13.8 Å². The molecule has 0 saturated heterocycles. The fraction of sp³-hybridized carbons (Fsp3) is 0.455. The molecule has 0 amide bonds. The maximum Gasteiger partial charge on any atom is 0.335 e. The molecule has 6 nitrogen and oxygen atoms in total. The van der Waals surface area contributed by atoms with Crippen molar-refractivity contribution in [3.8, 4) is 0 Å². The molecule has 0 saturated carbocycles. The van der Waals surface area contributed by atoms with Crippen molar-refractivity contribution in [3.05, 3.63) is 24.8 Å². The molecule has 0 aromatic heterocycles. The number of esters is 2. The van der Waals surface area contributed by atoms with Gasteiger partial charge in [-0.15, -0.1) is 0 Å². The molecule has 0 aromatic rings. The second kappa shape index (κ2) is 6.17. The number of rotatable bonds is 6. The molecule has 0 radical (unpaired) electrons. The molecule has 0 fully saturated rings. The second-order valence-corrected chi connectivity index (χ2v) is 3.50. The molecule has 0 rings (SSSR count). The largest absolute Gasteiger partial charge is 0.455 e. The van der Waals surface area contributed by atoms with Gasteiger partial charge in [0.25, 0.3) is 5.79 Å². The van der Waals surface area contributed by atoms with E-state index in [-0.39, 0.29) is 5.57 Å². The normalized spacial score (nSPS) is 15.3. The van der Waals surface area contributed by atoms with Crippen molar-refractivity contribution < 1.29 is 29.3 Å². The van der Waals surface area contributed by atoms with Crippen molar-refractivity contribution in [2.75, 3.05) is 6.61 Å². The summed E-state index contributed by atoms with van der Waals surface area (Å²) >= 11 is 0. The third kappa shape index (κ3) is 4.80. The smallest absolute Gasteiger partial charge is 0.335 e. The van der Waals surface area contributed by atoms with Gasteiger partial charge in [-0.2, -0.15) is 0 Å². The van der Waals surface area contributed by atoms with Gasteiger partial charge >= 0.3 is 11.9 Å². The van der Waals surface area contributed by atoms with Gasteiger partial charge in [0.2, 0.25) is 0 Å². The molecule has 0 aliphatic carbocycles. The van der Waals surface area contributed by atoms with Gasteiger partial charge in [-0.3, -0.25) is 0 Å². The van der Waals surface area contributed by atoms with Crippen LogP contribution in [0.2, 0.25) is 0 Å². The van der Waals surface area contributed by atoms with Crippen molar-refractivity contribution in [2.24, 2.45) is 0 Å². The molecule has 0 aliphatic rings. The SMILES string of the molecule is C=CC(=O)OCC(O)(OC(=O)C(=C)C)C(C)O. The summed E-state index contributed by atoms with van der Waals surface area (Å²) in [5, 5.41) is 19.1. The van der Waals surface area contributed by atoms with Crippen LogP contribution in [0, 0.1) is 0 Å². The Morgan fingerprint density at radius 2 is 2.06 bits per heavy atom. The minimum absolute atomic E-state index is 0.0409. The topological polar surface area (TPSA) is 93.1 Å². The highest BCUT2D eigenvalue weighted by molar-refractivity contribution is 5.87. The van der Waals surface area contributed by atoms with Crippen LogP contribution < -0.4 is 0 Å². The molecule has 96 valence electrons. The minimum atomic E-state index is -2.31. The first-order valence-electron chi connectivity index (χ1n) is 4.81. The monoisotopic (exact) mass is 244 g/mol. The minimum Gasteiger partial charge on any atom is -0.455 e. The Kier molecular flexibility index (Phi) is 5.57. The lowest BCUT2D eigenvalue weighted by molar-refractivity contribution is -0.258. The average Bonchev–Trinajstić information content (AvgIpc) is 2.25.